The number of methoxy groups -OCH3 is 1. The number of esters is 1. The van der Waals surface area contributed by atoms with Crippen molar-refractivity contribution in [3.8, 4) is 0 Å². The molecular formula is C20H24ClF3N4O3. The summed E-state index contributed by atoms with van der Waals surface area (Å²) >= 11 is 6.04. The Kier molecular flexibility index (Phi) is 6.82. The zero-order chi connectivity index (χ0) is 22.8. The molecule has 1 aliphatic heterocycles. The summed E-state index contributed by atoms with van der Waals surface area (Å²) in [5.41, 5.74) is -2.58. The fourth-order valence-corrected chi connectivity index (χ4v) is 4.04. The summed E-state index contributed by atoms with van der Waals surface area (Å²) in [5, 5.41) is 11.5. The van der Waals surface area contributed by atoms with Gasteiger partial charge in [-0.05, 0) is 18.2 Å². The zero-order valence-electron chi connectivity index (χ0n) is 17.1. The lowest BCUT2D eigenvalue weighted by atomic mass is 9.84. The zero-order valence-corrected chi connectivity index (χ0v) is 17.9. The van der Waals surface area contributed by atoms with Crippen LogP contribution in [0.15, 0.2) is 36.7 Å². The van der Waals surface area contributed by atoms with Gasteiger partial charge in [0.05, 0.1) is 7.11 Å². The number of nitrogens with zero attached hydrogens (tertiary/aromatic N) is 4. The van der Waals surface area contributed by atoms with E-state index in [0.717, 1.165) is 23.6 Å². The summed E-state index contributed by atoms with van der Waals surface area (Å²) in [4.78, 5) is 19.9. The maximum absolute atomic E-state index is 14.1. The van der Waals surface area contributed by atoms with Crippen molar-refractivity contribution in [3.63, 3.8) is 0 Å². The number of carbonyl (C=O) groups excluding carboxylic acids is 1. The van der Waals surface area contributed by atoms with Gasteiger partial charge in [0.2, 0.25) is 5.60 Å². The fraction of sp³-hybridized carbons (Fsp3) is 0.500. The number of anilines is 1. The highest BCUT2D eigenvalue weighted by molar-refractivity contribution is 6.30. The van der Waals surface area contributed by atoms with Gasteiger partial charge in [-0.1, -0.05) is 17.7 Å². The second kappa shape index (κ2) is 9.05. The Morgan fingerprint density at radius 1 is 1.29 bits per heavy atom. The van der Waals surface area contributed by atoms with Crippen LogP contribution < -0.4 is 4.90 Å². The van der Waals surface area contributed by atoms with Gasteiger partial charge in [0.1, 0.15) is 5.92 Å². The minimum absolute atomic E-state index is 0.334. The average Bonchev–Trinajstić information content (AvgIpc) is 3.17. The molecule has 1 fully saturated rings. The maximum atomic E-state index is 14.1. The number of carbonyl (C=O) groups is 1. The quantitative estimate of drug-likeness (QED) is 0.668. The molecule has 1 saturated heterocycles. The van der Waals surface area contributed by atoms with Gasteiger partial charge in [-0.3, -0.25) is 9.69 Å². The molecule has 2 heterocycles. The molecule has 0 radical (unpaired) electrons. The molecule has 1 aromatic carbocycles. The van der Waals surface area contributed by atoms with Crippen molar-refractivity contribution in [2.45, 2.75) is 11.8 Å². The molecule has 0 saturated carbocycles. The maximum Gasteiger partial charge on any atom is 0.425 e. The third kappa shape index (κ3) is 4.65. The minimum atomic E-state index is -5.15. The molecule has 170 valence electrons. The van der Waals surface area contributed by atoms with Crippen molar-refractivity contribution >= 4 is 23.3 Å². The van der Waals surface area contributed by atoms with E-state index in [1.165, 1.54) is 13.2 Å². The number of imidazole rings is 1. The summed E-state index contributed by atoms with van der Waals surface area (Å²) in [6.45, 7) is 1.52. The molecule has 0 spiro atoms. The number of aryl methyl sites for hydroxylation is 1. The van der Waals surface area contributed by atoms with E-state index >= 15 is 0 Å². The highest BCUT2D eigenvalue weighted by atomic mass is 35.5. The van der Waals surface area contributed by atoms with Crippen molar-refractivity contribution < 1.29 is 27.8 Å². The third-order valence-electron chi connectivity index (χ3n) is 5.57. The number of benzene rings is 1. The van der Waals surface area contributed by atoms with Gasteiger partial charge >= 0.3 is 12.1 Å². The van der Waals surface area contributed by atoms with Crippen LogP contribution in [0, 0.1) is 5.92 Å². The minimum Gasteiger partial charge on any atom is -0.469 e. The molecule has 11 heteroatoms. The largest absolute Gasteiger partial charge is 0.469 e. The first-order chi connectivity index (χ1) is 14.6. The van der Waals surface area contributed by atoms with Crippen molar-refractivity contribution in [1.82, 2.24) is 14.5 Å². The van der Waals surface area contributed by atoms with Gasteiger partial charge in [0, 0.05) is 62.9 Å². The molecule has 0 unspecified atom stereocenters. The Morgan fingerprint density at radius 2 is 1.97 bits per heavy atom. The molecule has 0 aliphatic carbocycles. The van der Waals surface area contributed by atoms with E-state index in [2.05, 4.69) is 14.6 Å². The summed E-state index contributed by atoms with van der Waals surface area (Å²) in [5.74, 6) is -3.72. The van der Waals surface area contributed by atoms with Crippen LogP contribution in [0.25, 0.3) is 0 Å². The van der Waals surface area contributed by atoms with Gasteiger partial charge in [-0.15, -0.1) is 0 Å². The van der Waals surface area contributed by atoms with Gasteiger partial charge in [-0.25, -0.2) is 4.98 Å². The summed E-state index contributed by atoms with van der Waals surface area (Å²) in [6.07, 6.45) is -2.72. The van der Waals surface area contributed by atoms with Crippen LogP contribution in [-0.4, -0.2) is 71.5 Å². The molecule has 0 amide bonds. The smallest absolute Gasteiger partial charge is 0.425 e. The average molecular weight is 461 g/mol. The number of alkyl halides is 3. The highest BCUT2D eigenvalue weighted by Crippen LogP contribution is 2.44. The van der Waals surface area contributed by atoms with Gasteiger partial charge < -0.3 is 19.3 Å². The van der Waals surface area contributed by atoms with E-state index < -0.39 is 29.5 Å². The first kappa shape index (κ1) is 23.4. The standard InChI is InChI=1S/C20H24ClF3N4O3/c1-26-7-6-25-18(26)19(30,20(22,23)24)16(17(29)31-2)13-27-8-10-28(11-9-27)15-5-3-4-14(21)12-15/h3-7,12,16,30H,8-11,13H2,1-2H3/t16-,19+/m1/s1. The third-order valence-corrected chi connectivity index (χ3v) is 5.81. The Morgan fingerprint density at radius 3 is 2.48 bits per heavy atom. The predicted molar refractivity (Wildman–Crippen MR) is 109 cm³/mol. The van der Waals surface area contributed by atoms with E-state index in [0.29, 0.717) is 31.2 Å². The van der Waals surface area contributed by atoms with Crippen LogP contribution in [0.1, 0.15) is 5.82 Å². The first-order valence-corrected chi connectivity index (χ1v) is 10.0. The van der Waals surface area contributed by atoms with E-state index in [1.807, 2.05) is 18.2 Å². The highest BCUT2D eigenvalue weighted by Gasteiger charge is 2.65. The summed E-state index contributed by atoms with van der Waals surface area (Å²) in [6, 6.07) is 7.31. The number of hydrogen-bond donors (Lipinski definition) is 1. The Labute approximate surface area is 183 Å². The number of aliphatic hydroxyl groups is 1. The fourth-order valence-electron chi connectivity index (χ4n) is 3.85. The number of hydrogen-bond acceptors (Lipinski definition) is 6. The topological polar surface area (TPSA) is 70.8 Å². The van der Waals surface area contributed by atoms with Gasteiger partial charge in [-0.2, -0.15) is 13.2 Å². The molecule has 31 heavy (non-hydrogen) atoms. The number of ether oxygens (including phenoxy) is 1. The van der Waals surface area contributed by atoms with Crippen LogP contribution in [0.3, 0.4) is 0 Å². The molecule has 1 N–H and O–H groups in total. The number of halogens is 4. The van der Waals surface area contributed by atoms with Crippen molar-refractivity contribution in [1.29, 1.82) is 0 Å². The lowest BCUT2D eigenvalue weighted by Crippen LogP contribution is -2.58. The Bertz CT molecular complexity index is 915. The predicted octanol–water partition coefficient (Wildman–Crippen LogP) is 2.43. The van der Waals surface area contributed by atoms with Crippen molar-refractivity contribution in [2.24, 2.45) is 13.0 Å². The van der Waals surface area contributed by atoms with E-state index in [9.17, 15) is 23.1 Å². The molecule has 1 aliphatic rings. The Hall–Kier alpha value is -2.30. The molecule has 3 rings (SSSR count). The summed E-state index contributed by atoms with van der Waals surface area (Å²) in [7, 11) is 2.33. The normalized spacial score (nSPS) is 18.5. The first-order valence-electron chi connectivity index (χ1n) is 9.65. The molecule has 1 aromatic heterocycles. The van der Waals surface area contributed by atoms with E-state index in [-0.39, 0.29) is 6.54 Å². The van der Waals surface area contributed by atoms with Crippen molar-refractivity contribution in [2.75, 3.05) is 44.7 Å². The van der Waals surface area contributed by atoms with Crippen LogP contribution in [0.5, 0.6) is 0 Å². The number of rotatable bonds is 6. The van der Waals surface area contributed by atoms with Gasteiger partial charge in [0.25, 0.3) is 0 Å². The second-order valence-corrected chi connectivity index (χ2v) is 7.91. The van der Waals surface area contributed by atoms with E-state index in [4.69, 9.17) is 11.6 Å². The van der Waals surface area contributed by atoms with Crippen LogP contribution in [-0.2, 0) is 22.2 Å². The molecule has 7 nitrogen and oxygen atoms in total. The van der Waals surface area contributed by atoms with Crippen LogP contribution >= 0.6 is 11.6 Å². The monoisotopic (exact) mass is 460 g/mol. The molecule has 2 aromatic rings. The molecule has 2 atom stereocenters. The van der Waals surface area contributed by atoms with Crippen LogP contribution in [0.4, 0.5) is 18.9 Å². The number of aromatic nitrogens is 2. The second-order valence-electron chi connectivity index (χ2n) is 7.47. The lowest BCUT2D eigenvalue weighted by molar-refractivity contribution is -0.291. The van der Waals surface area contributed by atoms with Crippen LogP contribution in [0.2, 0.25) is 5.02 Å². The lowest BCUT2D eigenvalue weighted by Gasteiger charge is -2.41. The van der Waals surface area contributed by atoms with Gasteiger partial charge in [0.15, 0.2) is 5.82 Å². The number of piperazine rings is 1. The van der Waals surface area contributed by atoms with Crippen molar-refractivity contribution in [3.05, 3.63) is 47.5 Å². The molecule has 0 bridgehead atoms. The SMILES string of the molecule is COC(=O)[C@@H](CN1CCN(c2cccc(Cl)c2)CC1)[C@](O)(c1nccn1C)C(F)(F)F. The van der Waals surface area contributed by atoms with E-state index in [1.54, 1.807) is 11.0 Å². The summed E-state index contributed by atoms with van der Waals surface area (Å²) < 4.78 is 48.1. The Balaban J connectivity index is 1.82. The molecular weight excluding hydrogens is 437 g/mol.